The summed E-state index contributed by atoms with van der Waals surface area (Å²) in [5.74, 6) is -0.0994. The molecule has 0 radical (unpaired) electrons. The van der Waals surface area contributed by atoms with Gasteiger partial charge in [0.25, 0.3) is 5.91 Å². The molecule has 0 saturated carbocycles. The topological polar surface area (TPSA) is 32.3 Å². The summed E-state index contributed by atoms with van der Waals surface area (Å²) in [6, 6.07) is 25.9. The van der Waals surface area contributed by atoms with Gasteiger partial charge in [0, 0.05) is 28.0 Å². The highest BCUT2D eigenvalue weighted by atomic mass is 35.5. The summed E-state index contributed by atoms with van der Waals surface area (Å²) in [4.78, 5) is 15.1. The Labute approximate surface area is 164 Å². The summed E-state index contributed by atoms with van der Waals surface area (Å²) in [5, 5.41) is 3.76. The van der Waals surface area contributed by atoms with E-state index in [-0.39, 0.29) is 18.0 Å². The zero-order valence-corrected chi connectivity index (χ0v) is 15.9. The molecule has 2 atom stereocenters. The van der Waals surface area contributed by atoms with Gasteiger partial charge in [-0.2, -0.15) is 0 Å². The Bertz CT molecular complexity index is 957. The van der Waals surface area contributed by atoms with E-state index in [1.54, 1.807) is 24.3 Å². The molecule has 4 heteroatoms. The van der Waals surface area contributed by atoms with E-state index in [9.17, 15) is 4.79 Å². The predicted molar refractivity (Wildman–Crippen MR) is 111 cm³/mol. The van der Waals surface area contributed by atoms with Crippen LogP contribution in [0.1, 0.15) is 35.3 Å². The van der Waals surface area contributed by atoms with Gasteiger partial charge in [-0.05, 0) is 55.3 Å². The number of nitrogens with zero attached hydrogens (tertiary/aromatic N) is 1. The maximum Gasteiger partial charge on any atom is 0.251 e. The van der Waals surface area contributed by atoms with Crippen molar-refractivity contribution in [2.45, 2.75) is 25.4 Å². The van der Waals surface area contributed by atoms with Crippen LogP contribution in [0.25, 0.3) is 0 Å². The largest absolute Gasteiger partial charge is 0.345 e. The Morgan fingerprint density at radius 2 is 1.74 bits per heavy atom. The van der Waals surface area contributed by atoms with Crippen molar-refractivity contribution in [1.82, 2.24) is 5.32 Å². The van der Waals surface area contributed by atoms with Crippen molar-refractivity contribution >= 4 is 28.9 Å². The molecule has 1 heterocycles. The van der Waals surface area contributed by atoms with Crippen LogP contribution >= 0.6 is 11.6 Å². The van der Waals surface area contributed by atoms with E-state index in [2.05, 4.69) is 53.5 Å². The van der Waals surface area contributed by atoms with Crippen molar-refractivity contribution in [3.63, 3.8) is 0 Å². The summed E-state index contributed by atoms with van der Waals surface area (Å²) < 4.78 is 0. The second kappa shape index (κ2) is 7.45. The molecule has 0 fully saturated rings. The summed E-state index contributed by atoms with van der Waals surface area (Å²) in [7, 11) is 0. The number of benzene rings is 3. The number of para-hydroxylation sites is 2. The molecule has 0 spiro atoms. The highest BCUT2D eigenvalue weighted by molar-refractivity contribution is 6.30. The highest BCUT2D eigenvalue weighted by Gasteiger charge is 2.31. The number of carbonyl (C=O) groups excluding carboxylic acids is 1. The molecule has 27 heavy (non-hydrogen) atoms. The number of carbonyl (C=O) groups is 1. The van der Waals surface area contributed by atoms with E-state index >= 15 is 0 Å². The van der Waals surface area contributed by atoms with Gasteiger partial charge in [0.05, 0.1) is 6.04 Å². The number of halogens is 1. The van der Waals surface area contributed by atoms with Crippen molar-refractivity contribution in [2.75, 3.05) is 4.90 Å². The Morgan fingerprint density at radius 1 is 1.00 bits per heavy atom. The fourth-order valence-electron chi connectivity index (χ4n) is 3.80. The zero-order chi connectivity index (χ0) is 18.8. The number of hydrogen-bond donors (Lipinski definition) is 1. The van der Waals surface area contributed by atoms with Crippen LogP contribution in [0.2, 0.25) is 5.02 Å². The van der Waals surface area contributed by atoms with E-state index in [0.717, 1.165) is 23.4 Å². The fraction of sp³-hybridized carbons (Fsp3) is 0.174. The lowest BCUT2D eigenvalue weighted by atomic mass is 9.91. The number of hydrogen-bond acceptors (Lipinski definition) is 2. The van der Waals surface area contributed by atoms with Crippen molar-refractivity contribution < 1.29 is 4.79 Å². The molecule has 1 amide bonds. The lowest BCUT2D eigenvalue weighted by molar-refractivity contribution is 0.0932. The number of rotatable bonds is 3. The maximum absolute atomic E-state index is 12.7. The molecule has 3 aromatic rings. The lowest BCUT2D eigenvalue weighted by Crippen LogP contribution is -2.41. The molecule has 2 unspecified atom stereocenters. The van der Waals surface area contributed by atoms with Crippen molar-refractivity contribution in [3.05, 3.63) is 95.0 Å². The SMILES string of the molecule is CC1CC(NC(=O)c2cccc(Cl)c2)c2ccccc2N1c1ccccc1. The van der Waals surface area contributed by atoms with Crippen LogP contribution in [0.4, 0.5) is 11.4 Å². The number of nitrogens with one attached hydrogen (secondary N) is 1. The van der Waals surface area contributed by atoms with Gasteiger partial charge in [-0.1, -0.05) is 54.1 Å². The monoisotopic (exact) mass is 376 g/mol. The molecule has 1 N–H and O–H groups in total. The van der Waals surface area contributed by atoms with E-state index in [4.69, 9.17) is 11.6 Å². The molecule has 4 rings (SSSR count). The molecule has 1 aliphatic rings. The molecule has 136 valence electrons. The van der Waals surface area contributed by atoms with Crippen LogP contribution in [0.3, 0.4) is 0 Å². The second-order valence-corrected chi connectivity index (χ2v) is 7.32. The van der Waals surface area contributed by atoms with Crippen molar-refractivity contribution in [2.24, 2.45) is 0 Å². The molecule has 3 nitrogen and oxygen atoms in total. The van der Waals surface area contributed by atoms with Gasteiger partial charge < -0.3 is 10.2 Å². The fourth-order valence-corrected chi connectivity index (χ4v) is 3.99. The van der Waals surface area contributed by atoms with Crippen LogP contribution in [-0.2, 0) is 0 Å². The van der Waals surface area contributed by atoms with Crippen LogP contribution in [0.5, 0.6) is 0 Å². The summed E-state index contributed by atoms with van der Waals surface area (Å²) in [6.07, 6.45) is 0.832. The maximum atomic E-state index is 12.7. The minimum atomic E-state index is -0.0994. The Kier molecular flexibility index (Phi) is 4.87. The van der Waals surface area contributed by atoms with Gasteiger partial charge >= 0.3 is 0 Å². The minimum absolute atomic E-state index is 0.0392. The highest BCUT2D eigenvalue weighted by Crippen LogP contribution is 2.41. The first-order valence-electron chi connectivity index (χ1n) is 9.13. The molecule has 1 aliphatic heterocycles. The van der Waals surface area contributed by atoms with Crippen LogP contribution in [0, 0.1) is 0 Å². The minimum Gasteiger partial charge on any atom is -0.345 e. The van der Waals surface area contributed by atoms with Crippen LogP contribution < -0.4 is 10.2 Å². The second-order valence-electron chi connectivity index (χ2n) is 6.89. The number of anilines is 2. The van der Waals surface area contributed by atoms with E-state index < -0.39 is 0 Å². The van der Waals surface area contributed by atoms with Crippen molar-refractivity contribution in [3.8, 4) is 0 Å². The average Bonchev–Trinajstić information content (AvgIpc) is 2.69. The smallest absolute Gasteiger partial charge is 0.251 e. The average molecular weight is 377 g/mol. The first kappa shape index (κ1) is 17.6. The third-order valence-electron chi connectivity index (χ3n) is 5.02. The van der Waals surface area contributed by atoms with Crippen molar-refractivity contribution in [1.29, 1.82) is 0 Å². The summed E-state index contributed by atoms with van der Waals surface area (Å²) >= 11 is 6.04. The molecule has 3 aromatic carbocycles. The molecule has 0 aliphatic carbocycles. The number of fused-ring (bicyclic) bond motifs is 1. The quantitative estimate of drug-likeness (QED) is 0.632. The molecular formula is C23H21ClN2O. The Morgan fingerprint density at radius 3 is 2.52 bits per heavy atom. The Hall–Kier alpha value is -2.78. The molecular weight excluding hydrogens is 356 g/mol. The normalized spacial score (nSPS) is 18.7. The first-order chi connectivity index (χ1) is 13.1. The van der Waals surface area contributed by atoms with Gasteiger partial charge in [0.1, 0.15) is 0 Å². The van der Waals surface area contributed by atoms with Gasteiger partial charge in [-0.15, -0.1) is 0 Å². The first-order valence-corrected chi connectivity index (χ1v) is 9.51. The predicted octanol–water partition coefficient (Wildman–Crippen LogP) is 5.74. The van der Waals surface area contributed by atoms with E-state index in [0.29, 0.717) is 10.6 Å². The summed E-state index contributed by atoms with van der Waals surface area (Å²) in [6.45, 7) is 2.20. The lowest BCUT2D eigenvalue weighted by Gasteiger charge is -2.41. The third kappa shape index (κ3) is 3.56. The summed E-state index contributed by atoms with van der Waals surface area (Å²) in [5.41, 5.74) is 4.02. The molecule has 0 saturated heterocycles. The Balaban J connectivity index is 1.66. The molecule has 0 aromatic heterocycles. The van der Waals surface area contributed by atoms with Crippen LogP contribution in [-0.4, -0.2) is 11.9 Å². The van der Waals surface area contributed by atoms with Gasteiger partial charge in [-0.3, -0.25) is 4.79 Å². The van der Waals surface area contributed by atoms with E-state index in [1.807, 2.05) is 18.2 Å². The van der Waals surface area contributed by atoms with Crippen LogP contribution in [0.15, 0.2) is 78.9 Å². The zero-order valence-electron chi connectivity index (χ0n) is 15.1. The van der Waals surface area contributed by atoms with E-state index in [1.165, 1.54) is 0 Å². The van der Waals surface area contributed by atoms with Gasteiger partial charge in [0.15, 0.2) is 0 Å². The number of amides is 1. The molecule has 0 bridgehead atoms. The third-order valence-corrected chi connectivity index (χ3v) is 5.25. The van der Waals surface area contributed by atoms with Gasteiger partial charge in [0.2, 0.25) is 0 Å². The van der Waals surface area contributed by atoms with Gasteiger partial charge in [-0.25, -0.2) is 0 Å². The standard InChI is InChI=1S/C23H21ClN2O/c1-16-14-21(25-23(27)17-8-7-9-18(24)15-17)20-12-5-6-13-22(20)26(16)19-10-3-2-4-11-19/h2-13,15-16,21H,14H2,1H3,(H,25,27).